The first-order valence-corrected chi connectivity index (χ1v) is 11.3. The van der Waals surface area contributed by atoms with Crippen LogP contribution in [0.1, 0.15) is 63.6 Å². The first-order valence-electron chi connectivity index (χ1n) is 10.4. The maximum Gasteiger partial charge on any atom is 0.192 e. The standard InChI is InChI=1S/C24H28FN3S/c1-24(2,3)19-14-12-17(13-15-19)22-26-27-23(28(22)20-9-5-6-10-20)29-16-18-8-4-7-11-21(18)25/h4,7-8,11-15,20H,5-6,9-10,16H2,1-3H3. The van der Waals surface area contributed by atoms with Crippen LogP contribution in [0.25, 0.3) is 11.4 Å². The van der Waals surface area contributed by atoms with Crippen LogP contribution in [-0.2, 0) is 11.2 Å². The molecule has 0 aliphatic heterocycles. The second kappa shape index (κ2) is 8.31. The quantitative estimate of drug-likeness (QED) is 0.435. The Morgan fingerprint density at radius 3 is 2.34 bits per heavy atom. The van der Waals surface area contributed by atoms with Crippen molar-refractivity contribution in [2.45, 2.75) is 68.8 Å². The van der Waals surface area contributed by atoms with Gasteiger partial charge in [0.1, 0.15) is 5.82 Å². The van der Waals surface area contributed by atoms with Gasteiger partial charge in [-0.15, -0.1) is 10.2 Å². The average Bonchev–Trinajstić information content (AvgIpc) is 3.36. The first-order chi connectivity index (χ1) is 13.9. The molecule has 5 heteroatoms. The van der Waals surface area contributed by atoms with E-state index in [4.69, 9.17) is 0 Å². The average molecular weight is 410 g/mol. The van der Waals surface area contributed by atoms with E-state index < -0.39 is 0 Å². The van der Waals surface area contributed by atoms with E-state index in [0.717, 1.165) is 29.4 Å². The zero-order valence-corrected chi connectivity index (χ0v) is 18.2. The van der Waals surface area contributed by atoms with Gasteiger partial charge in [0.25, 0.3) is 0 Å². The van der Waals surface area contributed by atoms with Crippen LogP contribution < -0.4 is 0 Å². The van der Waals surface area contributed by atoms with Gasteiger partial charge in [-0.2, -0.15) is 0 Å². The number of hydrogen-bond donors (Lipinski definition) is 0. The summed E-state index contributed by atoms with van der Waals surface area (Å²) in [6, 6.07) is 16.1. The van der Waals surface area contributed by atoms with Gasteiger partial charge in [0.15, 0.2) is 11.0 Å². The number of benzene rings is 2. The smallest absolute Gasteiger partial charge is 0.192 e. The summed E-state index contributed by atoms with van der Waals surface area (Å²) in [7, 11) is 0. The fourth-order valence-corrected chi connectivity index (χ4v) is 4.93. The molecule has 1 heterocycles. The second-order valence-electron chi connectivity index (χ2n) is 8.82. The molecule has 0 unspecified atom stereocenters. The monoisotopic (exact) mass is 409 g/mol. The lowest BCUT2D eigenvalue weighted by atomic mass is 9.86. The minimum atomic E-state index is -0.162. The van der Waals surface area contributed by atoms with Gasteiger partial charge in [0.2, 0.25) is 0 Å². The Balaban J connectivity index is 1.65. The molecule has 3 nitrogen and oxygen atoms in total. The van der Waals surface area contributed by atoms with E-state index >= 15 is 0 Å². The third-order valence-electron chi connectivity index (χ3n) is 5.68. The zero-order valence-electron chi connectivity index (χ0n) is 17.4. The van der Waals surface area contributed by atoms with Gasteiger partial charge in [0.05, 0.1) is 0 Å². The zero-order chi connectivity index (χ0) is 20.4. The summed E-state index contributed by atoms with van der Waals surface area (Å²) in [6.07, 6.45) is 4.78. The SMILES string of the molecule is CC(C)(C)c1ccc(-c2nnc(SCc3ccccc3F)n2C2CCCC2)cc1. The third-order valence-corrected chi connectivity index (χ3v) is 6.67. The fraction of sp³-hybridized carbons (Fsp3) is 0.417. The predicted octanol–water partition coefficient (Wildman–Crippen LogP) is 6.79. The maximum atomic E-state index is 14.0. The first kappa shape index (κ1) is 20.1. The van der Waals surface area contributed by atoms with Gasteiger partial charge in [0, 0.05) is 17.4 Å². The summed E-state index contributed by atoms with van der Waals surface area (Å²) >= 11 is 1.57. The summed E-state index contributed by atoms with van der Waals surface area (Å²) in [5.41, 5.74) is 3.23. The molecule has 1 saturated carbocycles. The van der Waals surface area contributed by atoms with Gasteiger partial charge in [-0.25, -0.2) is 4.39 Å². The van der Waals surface area contributed by atoms with Crippen LogP contribution in [0.3, 0.4) is 0 Å². The van der Waals surface area contributed by atoms with Crippen molar-refractivity contribution >= 4 is 11.8 Å². The molecule has 29 heavy (non-hydrogen) atoms. The number of hydrogen-bond acceptors (Lipinski definition) is 3. The maximum absolute atomic E-state index is 14.0. The van der Waals surface area contributed by atoms with Crippen LogP contribution in [0, 0.1) is 5.82 Å². The Kier molecular flexibility index (Phi) is 5.77. The number of nitrogens with zero attached hydrogens (tertiary/aromatic N) is 3. The van der Waals surface area contributed by atoms with E-state index in [1.807, 2.05) is 12.1 Å². The molecule has 0 amide bonds. The molecule has 1 aliphatic carbocycles. The molecule has 3 aromatic rings. The molecular formula is C24H28FN3S. The fourth-order valence-electron chi connectivity index (χ4n) is 3.94. The van der Waals surface area contributed by atoms with Crippen molar-refractivity contribution in [1.82, 2.24) is 14.8 Å². The lowest BCUT2D eigenvalue weighted by Gasteiger charge is -2.20. The van der Waals surface area contributed by atoms with E-state index in [9.17, 15) is 4.39 Å². The summed E-state index contributed by atoms with van der Waals surface area (Å²) in [5, 5.41) is 9.95. The van der Waals surface area contributed by atoms with Gasteiger partial charge >= 0.3 is 0 Å². The topological polar surface area (TPSA) is 30.7 Å². The minimum Gasteiger partial charge on any atom is -0.299 e. The van der Waals surface area contributed by atoms with E-state index in [2.05, 4.69) is 59.8 Å². The van der Waals surface area contributed by atoms with E-state index in [1.54, 1.807) is 17.8 Å². The van der Waals surface area contributed by atoms with Crippen LogP contribution >= 0.6 is 11.8 Å². The summed E-state index contributed by atoms with van der Waals surface area (Å²) in [4.78, 5) is 0. The lowest BCUT2D eigenvalue weighted by Crippen LogP contribution is -2.11. The van der Waals surface area contributed by atoms with E-state index in [-0.39, 0.29) is 11.2 Å². The Morgan fingerprint density at radius 2 is 1.69 bits per heavy atom. The highest BCUT2D eigenvalue weighted by Crippen LogP contribution is 2.37. The van der Waals surface area contributed by atoms with Gasteiger partial charge < -0.3 is 0 Å². The number of thioether (sulfide) groups is 1. The predicted molar refractivity (Wildman–Crippen MR) is 118 cm³/mol. The normalized spacial score (nSPS) is 15.2. The van der Waals surface area contributed by atoms with Crippen molar-refractivity contribution in [2.75, 3.05) is 0 Å². The molecule has 1 fully saturated rings. The molecule has 0 spiro atoms. The minimum absolute atomic E-state index is 0.123. The lowest BCUT2D eigenvalue weighted by molar-refractivity contribution is 0.485. The number of rotatable bonds is 5. The molecule has 0 N–H and O–H groups in total. The molecule has 0 radical (unpaired) electrons. The Labute approximate surface area is 176 Å². The van der Waals surface area contributed by atoms with Crippen LogP contribution in [0.15, 0.2) is 53.7 Å². The van der Waals surface area contributed by atoms with Crippen molar-refractivity contribution < 1.29 is 4.39 Å². The van der Waals surface area contributed by atoms with E-state index in [1.165, 1.54) is 24.5 Å². The second-order valence-corrected chi connectivity index (χ2v) is 9.76. The highest BCUT2D eigenvalue weighted by atomic mass is 32.2. The Morgan fingerprint density at radius 1 is 1.00 bits per heavy atom. The third kappa shape index (κ3) is 4.40. The van der Waals surface area contributed by atoms with Crippen LogP contribution in [0.5, 0.6) is 0 Å². The van der Waals surface area contributed by atoms with Crippen molar-refractivity contribution in [3.63, 3.8) is 0 Å². The molecule has 1 aromatic heterocycles. The van der Waals surface area contributed by atoms with Crippen molar-refractivity contribution in [2.24, 2.45) is 0 Å². The molecule has 0 bridgehead atoms. The highest BCUT2D eigenvalue weighted by molar-refractivity contribution is 7.98. The Bertz CT molecular complexity index is 967. The molecule has 2 aromatic carbocycles. The number of aromatic nitrogens is 3. The van der Waals surface area contributed by atoms with Crippen molar-refractivity contribution in [3.05, 3.63) is 65.5 Å². The summed E-state index contributed by atoms with van der Waals surface area (Å²) in [5.74, 6) is 1.32. The van der Waals surface area contributed by atoms with Crippen LogP contribution in [-0.4, -0.2) is 14.8 Å². The molecule has 152 valence electrons. The molecule has 4 rings (SSSR count). The van der Waals surface area contributed by atoms with Gasteiger partial charge in [-0.3, -0.25) is 4.57 Å². The summed E-state index contributed by atoms with van der Waals surface area (Å²) < 4.78 is 16.3. The summed E-state index contributed by atoms with van der Waals surface area (Å²) in [6.45, 7) is 6.67. The van der Waals surface area contributed by atoms with Gasteiger partial charge in [-0.1, -0.05) is 87.8 Å². The van der Waals surface area contributed by atoms with Crippen LogP contribution in [0.4, 0.5) is 4.39 Å². The molecule has 0 saturated heterocycles. The largest absolute Gasteiger partial charge is 0.299 e. The van der Waals surface area contributed by atoms with Gasteiger partial charge in [-0.05, 0) is 35.4 Å². The van der Waals surface area contributed by atoms with Crippen molar-refractivity contribution in [1.29, 1.82) is 0 Å². The van der Waals surface area contributed by atoms with Crippen molar-refractivity contribution in [3.8, 4) is 11.4 Å². The molecule has 1 aliphatic rings. The van der Waals surface area contributed by atoms with E-state index in [0.29, 0.717) is 17.4 Å². The van der Waals surface area contributed by atoms with Crippen LogP contribution in [0.2, 0.25) is 0 Å². The molecule has 0 atom stereocenters. The highest BCUT2D eigenvalue weighted by Gasteiger charge is 2.25. The Hall–Kier alpha value is -2.14. The number of halogens is 1. The molecular weight excluding hydrogens is 381 g/mol.